The molecule has 27 heavy (non-hydrogen) atoms. The molecule has 140 valence electrons. The molecule has 0 unspecified atom stereocenters. The quantitative estimate of drug-likeness (QED) is 0.684. The SMILES string of the molecule is O=C(NS(=O)(=O)c1c(F)cccc1F)c1cn(-c2cccc(Cl)c2Cl)cn1. The van der Waals surface area contributed by atoms with Crippen LogP contribution in [0, 0.1) is 11.6 Å². The minimum Gasteiger partial charge on any atom is -0.304 e. The Hall–Kier alpha value is -2.49. The summed E-state index contributed by atoms with van der Waals surface area (Å²) in [6, 6.07) is 7.31. The third-order valence-electron chi connectivity index (χ3n) is 3.44. The lowest BCUT2D eigenvalue weighted by Crippen LogP contribution is -2.32. The van der Waals surface area contributed by atoms with Crippen LogP contribution in [-0.4, -0.2) is 23.9 Å². The third kappa shape index (κ3) is 3.80. The van der Waals surface area contributed by atoms with Crippen LogP contribution < -0.4 is 4.72 Å². The fraction of sp³-hybridized carbons (Fsp3) is 0. The normalized spacial score (nSPS) is 11.4. The van der Waals surface area contributed by atoms with E-state index in [1.165, 1.54) is 17.1 Å². The highest BCUT2D eigenvalue weighted by Crippen LogP contribution is 2.28. The lowest BCUT2D eigenvalue weighted by atomic mass is 10.3. The first kappa shape index (κ1) is 19.3. The van der Waals surface area contributed by atoms with E-state index in [-0.39, 0.29) is 15.7 Å². The molecule has 0 atom stereocenters. The molecule has 0 aliphatic rings. The summed E-state index contributed by atoms with van der Waals surface area (Å²) in [5.74, 6) is -3.83. The van der Waals surface area contributed by atoms with E-state index in [4.69, 9.17) is 23.2 Å². The number of hydrogen-bond donors (Lipinski definition) is 1. The molecule has 0 bridgehead atoms. The van der Waals surface area contributed by atoms with Crippen LogP contribution in [0.3, 0.4) is 0 Å². The first-order valence-electron chi connectivity index (χ1n) is 7.20. The van der Waals surface area contributed by atoms with Crippen molar-refractivity contribution in [2.45, 2.75) is 4.90 Å². The van der Waals surface area contributed by atoms with Crippen molar-refractivity contribution < 1.29 is 22.0 Å². The molecule has 0 aliphatic carbocycles. The second-order valence-corrected chi connectivity index (χ2v) is 7.63. The molecule has 0 saturated heterocycles. The highest BCUT2D eigenvalue weighted by Gasteiger charge is 2.27. The number of imidazole rings is 1. The molecule has 1 amide bonds. The van der Waals surface area contributed by atoms with E-state index in [1.54, 1.807) is 22.9 Å². The Morgan fingerprint density at radius 2 is 1.70 bits per heavy atom. The predicted octanol–water partition coefficient (Wildman–Crippen LogP) is 3.58. The van der Waals surface area contributed by atoms with Gasteiger partial charge in [0.2, 0.25) is 0 Å². The number of amides is 1. The summed E-state index contributed by atoms with van der Waals surface area (Å²) in [5.41, 5.74) is 0.0880. The van der Waals surface area contributed by atoms with Gasteiger partial charge in [0.15, 0.2) is 4.90 Å². The highest BCUT2D eigenvalue weighted by molar-refractivity contribution is 7.90. The van der Waals surface area contributed by atoms with Crippen LogP contribution in [0.15, 0.2) is 53.8 Å². The van der Waals surface area contributed by atoms with Gasteiger partial charge < -0.3 is 4.57 Å². The molecule has 0 saturated carbocycles. The van der Waals surface area contributed by atoms with E-state index < -0.39 is 32.5 Å². The van der Waals surface area contributed by atoms with Gasteiger partial charge in [-0.25, -0.2) is 26.9 Å². The average Bonchev–Trinajstić information content (AvgIpc) is 3.06. The van der Waals surface area contributed by atoms with Gasteiger partial charge in [0.25, 0.3) is 15.9 Å². The van der Waals surface area contributed by atoms with Crippen LogP contribution in [0.2, 0.25) is 10.0 Å². The fourth-order valence-electron chi connectivity index (χ4n) is 2.23. The topological polar surface area (TPSA) is 81.1 Å². The maximum Gasteiger partial charge on any atom is 0.285 e. The molecule has 1 N–H and O–H groups in total. The number of halogens is 4. The van der Waals surface area contributed by atoms with Crippen molar-refractivity contribution in [1.29, 1.82) is 0 Å². The molecule has 1 aromatic heterocycles. The molecule has 0 spiro atoms. The lowest BCUT2D eigenvalue weighted by Gasteiger charge is -2.07. The van der Waals surface area contributed by atoms with E-state index in [2.05, 4.69) is 4.98 Å². The maximum atomic E-state index is 13.7. The zero-order chi connectivity index (χ0) is 19.8. The van der Waals surface area contributed by atoms with E-state index >= 15 is 0 Å². The summed E-state index contributed by atoms with van der Waals surface area (Å²) >= 11 is 12.0. The van der Waals surface area contributed by atoms with Crippen LogP contribution in [0.1, 0.15) is 10.5 Å². The number of rotatable bonds is 4. The summed E-state index contributed by atoms with van der Waals surface area (Å²) in [4.78, 5) is 14.7. The minimum absolute atomic E-state index is 0.199. The zero-order valence-electron chi connectivity index (χ0n) is 13.2. The minimum atomic E-state index is -4.79. The lowest BCUT2D eigenvalue weighted by molar-refractivity contribution is 0.0977. The van der Waals surface area contributed by atoms with Crippen molar-refractivity contribution in [3.8, 4) is 5.69 Å². The smallest absolute Gasteiger partial charge is 0.285 e. The molecular weight excluding hydrogens is 423 g/mol. The Bertz CT molecular complexity index is 1130. The number of sulfonamides is 1. The molecule has 11 heteroatoms. The largest absolute Gasteiger partial charge is 0.304 e. The van der Waals surface area contributed by atoms with Crippen molar-refractivity contribution in [2.75, 3.05) is 0 Å². The van der Waals surface area contributed by atoms with Crippen molar-refractivity contribution in [2.24, 2.45) is 0 Å². The molecular formula is C16H9Cl2F2N3O3S. The van der Waals surface area contributed by atoms with Gasteiger partial charge in [0.1, 0.15) is 23.7 Å². The zero-order valence-corrected chi connectivity index (χ0v) is 15.5. The molecule has 6 nitrogen and oxygen atoms in total. The number of aromatic nitrogens is 2. The predicted molar refractivity (Wildman–Crippen MR) is 94.6 cm³/mol. The van der Waals surface area contributed by atoms with Crippen LogP contribution in [0.5, 0.6) is 0 Å². The van der Waals surface area contributed by atoms with Gasteiger partial charge in [-0.3, -0.25) is 4.79 Å². The third-order valence-corrected chi connectivity index (χ3v) is 5.63. The van der Waals surface area contributed by atoms with Crippen molar-refractivity contribution in [3.05, 3.63) is 76.3 Å². The van der Waals surface area contributed by atoms with Crippen LogP contribution in [0.4, 0.5) is 8.78 Å². The van der Waals surface area contributed by atoms with E-state index in [0.29, 0.717) is 5.69 Å². The molecule has 1 heterocycles. The van der Waals surface area contributed by atoms with Crippen molar-refractivity contribution in [1.82, 2.24) is 14.3 Å². The van der Waals surface area contributed by atoms with Crippen LogP contribution in [0.25, 0.3) is 5.69 Å². The summed E-state index contributed by atoms with van der Waals surface area (Å²) in [7, 11) is -4.79. The number of nitrogens with one attached hydrogen (secondary N) is 1. The first-order valence-corrected chi connectivity index (χ1v) is 9.44. The second kappa shape index (κ2) is 7.26. The first-order chi connectivity index (χ1) is 12.7. The monoisotopic (exact) mass is 431 g/mol. The fourth-order valence-corrected chi connectivity index (χ4v) is 3.72. The van der Waals surface area contributed by atoms with Crippen LogP contribution in [-0.2, 0) is 10.0 Å². The molecule has 3 rings (SSSR count). The van der Waals surface area contributed by atoms with Gasteiger partial charge in [-0.2, -0.15) is 0 Å². The highest BCUT2D eigenvalue weighted by atomic mass is 35.5. The number of hydrogen-bond acceptors (Lipinski definition) is 4. The number of carbonyl (C=O) groups is 1. The Labute approximate surface area is 162 Å². The van der Waals surface area contributed by atoms with E-state index in [0.717, 1.165) is 18.2 Å². The Balaban J connectivity index is 1.90. The van der Waals surface area contributed by atoms with Gasteiger partial charge in [0.05, 0.1) is 15.7 Å². The van der Waals surface area contributed by atoms with Gasteiger partial charge >= 0.3 is 0 Å². The number of nitrogens with zero attached hydrogens (tertiary/aromatic N) is 2. The Morgan fingerprint density at radius 3 is 2.37 bits per heavy atom. The Morgan fingerprint density at radius 1 is 1.07 bits per heavy atom. The standard InChI is InChI=1S/C16H9Cl2F2N3O3S/c17-9-3-1-6-13(14(9)18)23-7-12(21-8-23)16(24)22-27(25,26)15-10(19)4-2-5-11(15)20/h1-8H,(H,22,24). The summed E-state index contributed by atoms with van der Waals surface area (Å²) < 4.78 is 54.6. The number of carbonyl (C=O) groups excluding carboxylic acids is 1. The van der Waals surface area contributed by atoms with Crippen molar-refractivity contribution >= 4 is 39.1 Å². The maximum absolute atomic E-state index is 13.7. The summed E-state index contributed by atoms with van der Waals surface area (Å²) in [6.45, 7) is 0. The molecule has 0 fully saturated rings. The molecule has 3 aromatic rings. The molecule has 0 radical (unpaired) electrons. The van der Waals surface area contributed by atoms with E-state index in [9.17, 15) is 22.0 Å². The average molecular weight is 432 g/mol. The number of benzene rings is 2. The van der Waals surface area contributed by atoms with Crippen LogP contribution >= 0.6 is 23.2 Å². The van der Waals surface area contributed by atoms with E-state index in [1.807, 2.05) is 0 Å². The second-order valence-electron chi connectivity index (χ2n) is 5.22. The van der Waals surface area contributed by atoms with Gasteiger partial charge in [-0.05, 0) is 24.3 Å². The molecule has 2 aromatic carbocycles. The van der Waals surface area contributed by atoms with Gasteiger partial charge in [0, 0.05) is 6.20 Å². The van der Waals surface area contributed by atoms with Gasteiger partial charge in [-0.1, -0.05) is 35.3 Å². The Kier molecular flexibility index (Phi) is 5.18. The molecule has 0 aliphatic heterocycles. The summed E-state index contributed by atoms with van der Waals surface area (Å²) in [5, 5.41) is 0.469. The van der Waals surface area contributed by atoms with Gasteiger partial charge in [-0.15, -0.1) is 0 Å². The summed E-state index contributed by atoms with van der Waals surface area (Å²) in [6.07, 6.45) is 2.41. The van der Waals surface area contributed by atoms with Crippen molar-refractivity contribution in [3.63, 3.8) is 0 Å².